The van der Waals surface area contributed by atoms with Crippen LogP contribution in [0, 0.1) is 11.3 Å². The van der Waals surface area contributed by atoms with E-state index in [9.17, 15) is 10.1 Å². The van der Waals surface area contributed by atoms with Crippen LogP contribution in [0.5, 0.6) is 0 Å². The number of likely N-dealkylation sites (tertiary alicyclic amines) is 1. The second-order valence-electron chi connectivity index (χ2n) is 14.4. The molecule has 1 aliphatic heterocycles. The topological polar surface area (TPSA) is 105 Å². The summed E-state index contributed by atoms with van der Waals surface area (Å²) in [6.45, 7) is 22.9. The Balaban J connectivity index is 1.92. The van der Waals surface area contributed by atoms with Gasteiger partial charge in [-0.15, -0.1) is 0 Å². The molecule has 0 aromatic carbocycles. The first kappa shape index (κ1) is 33.0. The van der Waals surface area contributed by atoms with Crippen molar-refractivity contribution in [3.8, 4) is 6.07 Å². The Kier molecular flexibility index (Phi) is 11.0. The van der Waals surface area contributed by atoms with Gasteiger partial charge in [0.2, 0.25) is 0 Å². The Hall–Kier alpha value is -2.47. The van der Waals surface area contributed by atoms with E-state index in [2.05, 4.69) is 50.4 Å². The number of piperidine rings is 1. The number of fused-ring (bicyclic) bond motifs is 1. The zero-order valence-corrected chi connectivity index (χ0v) is 28.6. The highest BCUT2D eigenvalue weighted by Crippen LogP contribution is 2.30. The van der Waals surface area contributed by atoms with Crippen LogP contribution in [0.3, 0.4) is 0 Å². The lowest BCUT2D eigenvalue weighted by Gasteiger charge is -2.34. The average molecular weight is 603 g/mol. The molecule has 0 radical (unpaired) electrons. The lowest BCUT2D eigenvalue weighted by Crippen LogP contribution is -2.42. The maximum absolute atomic E-state index is 12.9. The van der Waals surface area contributed by atoms with Gasteiger partial charge in [0.15, 0.2) is 5.65 Å². The summed E-state index contributed by atoms with van der Waals surface area (Å²) in [4.78, 5) is 21.6. The van der Waals surface area contributed by atoms with E-state index < -0.39 is 21.7 Å². The van der Waals surface area contributed by atoms with E-state index in [4.69, 9.17) is 19.2 Å². The molecule has 1 amide bonds. The quantitative estimate of drug-likeness (QED) is 0.162. The summed E-state index contributed by atoms with van der Waals surface area (Å²) in [7, 11) is -2.49. The Labute approximate surface area is 248 Å². The highest BCUT2D eigenvalue weighted by atomic mass is 28.3. The van der Waals surface area contributed by atoms with Crippen LogP contribution in [0.1, 0.15) is 50.8 Å². The molecular weight excluding hydrogens is 553 g/mol. The highest BCUT2D eigenvalue weighted by molar-refractivity contribution is 6.76. The molecule has 2 aromatic rings. The third-order valence-electron chi connectivity index (χ3n) is 6.90. The number of hydrogen-bond acceptors (Lipinski definition) is 8. The van der Waals surface area contributed by atoms with Crippen molar-refractivity contribution >= 4 is 33.7 Å². The lowest BCUT2D eigenvalue weighted by atomic mass is 9.94. The van der Waals surface area contributed by atoms with E-state index in [1.165, 1.54) is 0 Å². The molecule has 1 unspecified atom stereocenters. The van der Waals surface area contributed by atoms with E-state index in [1.807, 2.05) is 31.7 Å². The van der Waals surface area contributed by atoms with Gasteiger partial charge in [0, 0.05) is 54.4 Å². The van der Waals surface area contributed by atoms with Gasteiger partial charge >= 0.3 is 6.09 Å². The largest absolute Gasteiger partial charge is 0.444 e. The number of amides is 1. The minimum atomic E-state index is -1.24. The molecule has 0 aliphatic carbocycles. The van der Waals surface area contributed by atoms with Gasteiger partial charge in [0.05, 0.1) is 11.9 Å². The van der Waals surface area contributed by atoms with E-state index in [-0.39, 0.29) is 12.0 Å². The molecule has 3 rings (SSSR count). The van der Waals surface area contributed by atoms with Gasteiger partial charge in [-0.05, 0) is 45.7 Å². The molecule has 1 fully saturated rings. The van der Waals surface area contributed by atoms with Crippen LogP contribution in [0.25, 0.3) is 5.65 Å². The minimum Gasteiger partial charge on any atom is -0.444 e. The van der Waals surface area contributed by atoms with Crippen molar-refractivity contribution in [1.82, 2.24) is 19.5 Å². The molecule has 0 spiro atoms. The molecule has 0 N–H and O–H groups in total. The maximum atomic E-state index is 12.9. The second-order valence-corrected chi connectivity index (χ2v) is 25.7. The average Bonchev–Trinajstić information content (AvgIpc) is 3.28. The number of carbonyl (C=O) groups is 1. The van der Waals surface area contributed by atoms with Crippen molar-refractivity contribution in [3.63, 3.8) is 0 Å². The summed E-state index contributed by atoms with van der Waals surface area (Å²) in [5.41, 5.74) is 1.18. The molecule has 228 valence electrons. The van der Waals surface area contributed by atoms with Gasteiger partial charge < -0.3 is 24.0 Å². The number of rotatable bonds is 12. The summed E-state index contributed by atoms with van der Waals surface area (Å²) >= 11 is 0. The van der Waals surface area contributed by atoms with Gasteiger partial charge in [-0.3, -0.25) is 0 Å². The van der Waals surface area contributed by atoms with Gasteiger partial charge in [-0.1, -0.05) is 39.3 Å². The SMILES string of the molecule is CC(C)(C)OC(=O)N1CCCC(c2cc(N(COCC[Si](C)(C)C)COCC[Si](C)(C)C)n3ncc(C#N)c3n2)C1. The standard InChI is InChI=1S/C29H50N6O4Si2/c1-29(2,3)39-28(36)33-12-10-11-23(20-33)25-17-26(35-27(32-25)24(18-30)19-31-35)34(21-37-13-15-40(4,5)6)22-38-14-16-41(7,8)9/h17,19,23H,10-16,20-22H2,1-9H3. The number of aromatic nitrogens is 3. The third kappa shape index (κ3) is 10.4. The summed E-state index contributed by atoms with van der Waals surface area (Å²) < 4.78 is 19.7. The van der Waals surface area contributed by atoms with Crippen molar-refractivity contribution in [3.05, 3.63) is 23.5 Å². The van der Waals surface area contributed by atoms with Gasteiger partial charge in [-0.25, -0.2) is 9.78 Å². The number of carbonyl (C=O) groups excluding carboxylic acids is 1. The molecule has 3 heterocycles. The fourth-order valence-electron chi connectivity index (χ4n) is 4.47. The van der Waals surface area contributed by atoms with Crippen LogP contribution in [0.2, 0.25) is 51.4 Å². The Morgan fingerprint density at radius 1 is 1.10 bits per heavy atom. The van der Waals surface area contributed by atoms with Crippen LogP contribution < -0.4 is 4.90 Å². The zero-order chi connectivity index (χ0) is 30.4. The van der Waals surface area contributed by atoms with Crippen LogP contribution in [0.4, 0.5) is 10.6 Å². The Morgan fingerprint density at radius 3 is 2.24 bits per heavy atom. The molecule has 1 aliphatic rings. The smallest absolute Gasteiger partial charge is 0.410 e. The second kappa shape index (κ2) is 13.7. The van der Waals surface area contributed by atoms with E-state index in [1.54, 1.807) is 15.6 Å². The van der Waals surface area contributed by atoms with Gasteiger partial charge in [0.25, 0.3) is 0 Å². The predicted octanol–water partition coefficient (Wildman–Crippen LogP) is 6.15. The number of nitriles is 1. The summed E-state index contributed by atoms with van der Waals surface area (Å²) in [5.74, 6) is 0.769. The molecular formula is C29H50N6O4Si2. The summed E-state index contributed by atoms with van der Waals surface area (Å²) in [6.07, 6.45) is 2.98. The lowest BCUT2D eigenvalue weighted by molar-refractivity contribution is 0.0197. The third-order valence-corrected chi connectivity index (χ3v) is 10.3. The van der Waals surface area contributed by atoms with Crippen molar-refractivity contribution in [2.45, 2.75) is 96.5 Å². The normalized spacial score (nSPS) is 16.6. The fraction of sp³-hybridized carbons (Fsp3) is 0.724. The van der Waals surface area contributed by atoms with E-state index >= 15 is 0 Å². The highest BCUT2D eigenvalue weighted by Gasteiger charge is 2.30. The molecule has 12 heteroatoms. The summed E-state index contributed by atoms with van der Waals surface area (Å²) in [5, 5.41) is 14.3. The first-order chi connectivity index (χ1) is 19.1. The molecule has 1 atom stereocenters. The first-order valence-electron chi connectivity index (χ1n) is 14.7. The van der Waals surface area contributed by atoms with Gasteiger partial charge in [0.1, 0.15) is 36.5 Å². The molecule has 0 bridgehead atoms. The van der Waals surface area contributed by atoms with Crippen molar-refractivity contribution < 1.29 is 19.0 Å². The number of nitrogens with zero attached hydrogens (tertiary/aromatic N) is 6. The first-order valence-corrected chi connectivity index (χ1v) is 22.1. The Bertz CT molecular complexity index is 1190. The van der Waals surface area contributed by atoms with Gasteiger partial charge in [-0.2, -0.15) is 14.9 Å². The molecule has 0 saturated carbocycles. The van der Waals surface area contributed by atoms with Crippen molar-refractivity contribution in [2.75, 3.05) is 44.7 Å². The molecule has 10 nitrogen and oxygen atoms in total. The van der Waals surface area contributed by atoms with Crippen LogP contribution in [0.15, 0.2) is 12.3 Å². The number of hydrogen-bond donors (Lipinski definition) is 0. The minimum absolute atomic E-state index is 0.00364. The number of anilines is 1. The van der Waals surface area contributed by atoms with E-state index in [0.29, 0.717) is 51.0 Å². The van der Waals surface area contributed by atoms with Crippen molar-refractivity contribution in [2.24, 2.45) is 0 Å². The van der Waals surface area contributed by atoms with Crippen LogP contribution >= 0.6 is 0 Å². The molecule has 2 aromatic heterocycles. The maximum Gasteiger partial charge on any atom is 0.410 e. The molecule has 1 saturated heterocycles. The monoisotopic (exact) mass is 602 g/mol. The van der Waals surface area contributed by atoms with Crippen LogP contribution in [-0.4, -0.2) is 87.1 Å². The zero-order valence-electron chi connectivity index (χ0n) is 26.6. The van der Waals surface area contributed by atoms with E-state index in [0.717, 1.165) is 36.4 Å². The fourth-order valence-corrected chi connectivity index (χ4v) is 5.98. The Morgan fingerprint density at radius 2 is 1.71 bits per heavy atom. The number of ether oxygens (including phenoxy) is 3. The van der Waals surface area contributed by atoms with Crippen LogP contribution in [-0.2, 0) is 14.2 Å². The van der Waals surface area contributed by atoms with Crippen molar-refractivity contribution in [1.29, 1.82) is 5.26 Å². The predicted molar refractivity (Wildman–Crippen MR) is 168 cm³/mol. The molecule has 41 heavy (non-hydrogen) atoms. The summed E-state index contributed by atoms with van der Waals surface area (Å²) in [6, 6.07) is 6.39.